The lowest BCUT2D eigenvalue weighted by atomic mass is 10.2. The number of hydrogen-bond acceptors (Lipinski definition) is 5. The zero-order valence-corrected chi connectivity index (χ0v) is 10.7. The number of anilines is 2. The van der Waals surface area contributed by atoms with Crippen molar-refractivity contribution in [2.24, 2.45) is 0 Å². The van der Waals surface area contributed by atoms with Gasteiger partial charge in [0.2, 0.25) is 0 Å². The van der Waals surface area contributed by atoms with Gasteiger partial charge in [-0.05, 0) is 36.4 Å². The number of aromatic nitrogens is 1. The normalized spacial score (nSPS) is 9.79. The number of benzene rings is 1. The van der Waals surface area contributed by atoms with Gasteiger partial charge in [0.15, 0.2) is 0 Å². The topological polar surface area (TPSA) is 60.5 Å². The van der Waals surface area contributed by atoms with Crippen molar-refractivity contribution in [2.75, 3.05) is 19.5 Å². The van der Waals surface area contributed by atoms with Crippen molar-refractivity contribution < 1.29 is 14.3 Å². The van der Waals surface area contributed by atoms with E-state index < -0.39 is 5.97 Å². The number of hydrogen-bond donors (Lipinski definition) is 1. The van der Waals surface area contributed by atoms with Gasteiger partial charge in [-0.3, -0.25) is 0 Å². The Kier molecular flexibility index (Phi) is 3.97. The van der Waals surface area contributed by atoms with Crippen molar-refractivity contribution in [3.8, 4) is 5.75 Å². The molecule has 1 N–H and O–H groups in total. The first-order chi connectivity index (χ1) is 9.24. The van der Waals surface area contributed by atoms with Gasteiger partial charge < -0.3 is 14.8 Å². The minimum absolute atomic E-state index is 0.390. The quantitative estimate of drug-likeness (QED) is 0.854. The van der Waals surface area contributed by atoms with Gasteiger partial charge in [0.1, 0.15) is 17.1 Å². The fourth-order valence-corrected chi connectivity index (χ4v) is 1.59. The standard InChI is InChI=1S/C14H14N2O3/c1-18-11-7-5-10(6-8-11)16-13-12(14(17)19-2)4-3-9-15-13/h3-9H,1-2H3,(H,15,16). The van der Waals surface area contributed by atoms with Gasteiger partial charge in [-0.15, -0.1) is 0 Å². The fourth-order valence-electron chi connectivity index (χ4n) is 1.59. The molecule has 98 valence electrons. The maximum atomic E-state index is 11.6. The summed E-state index contributed by atoms with van der Waals surface area (Å²) in [6.45, 7) is 0. The first-order valence-corrected chi connectivity index (χ1v) is 5.69. The van der Waals surface area contributed by atoms with Crippen LogP contribution in [0.1, 0.15) is 10.4 Å². The lowest BCUT2D eigenvalue weighted by Crippen LogP contribution is -2.06. The highest BCUT2D eigenvalue weighted by Gasteiger charge is 2.12. The van der Waals surface area contributed by atoms with E-state index in [0.717, 1.165) is 11.4 Å². The molecule has 1 aromatic heterocycles. The predicted octanol–water partition coefficient (Wildman–Crippen LogP) is 2.62. The van der Waals surface area contributed by atoms with Crippen LogP contribution in [0.15, 0.2) is 42.6 Å². The van der Waals surface area contributed by atoms with Crippen LogP contribution in [-0.4, -0.2) is 25.2 Å². The van der Waals surface area contributed by atoms with E-state index in [0.29, 0.717) is 11.4 Å². The Labute approximate surface area is 111 Å². The molecule has 1 aromatic carbocycles. The average Bonchev–Trinajstić information content (AvgIpc) is 2.48. The molecule has 0 aliphatic heterocycles. The smallest absolute Gasteiger partial charge is 0.341 e. The van der Waals surface area contributed by atoms with E-state index in [4.69, 9.17) is 9.47 Å². The summed E-state index contributed by atoms with van der Waals surface area (Å²) in [5.74, 6) is 0.795. The molecule has 2 rings (SSSR count). The summed E-state index contributed by atoms with van der Waals surface area (Å²) in [4.78, 5) is 15.7. The largest absolute Gasteiger partial charge is 0.497 e. The lowest BCUT2D eigenvalue weighted by Gasteiger charge is -2.09. The molecule has 0 atom stereocenters. The SMILES string of the molecule is COC(=O)c1cccnc1Nc1ccc(OC)cc1. The molecule has 19 heavy (non-hydrogen) atoms. The fraction of sp³-hybridized carbons (Fsp3) is 0.143. The van der Waals surface area contributed by atoms with Crippen molar-refractivity contribution >= 4 is 17.5 Å². The summed E-state index contributed by atoms with van der Waals surface area (Å²) < 4.78 is 9.79. The number of carbonyl (C=O) groups excluding carboxylic acids is 1. The van der Waals surface area contributed by atoms with E-state index in [1.165, 1.54) is 7.11 Å². The maximum Gasteiger partial charge on any atom is 0.341 e. The molecule has 0 radical (unpaired) electrons. The highest BCUT2D eigenvalue weighted by atomic mass is 16.5. The molecule has 0 saturated heterocycles. The van der Waals surface area contributed by atoms with Crippen LogP contribution in [0.2, 0.25) is 0 Å². The molecule has 0 aliphatic rings. The molecule has 2 aromatic rings. The zero-order valence-electron chi connectivity index (χ0n) is 10.7. The Morgan fingerprint density at radius 2 is 1.89 bits per heavy atom. The number of pyridine rings is 1. The van der Waals surface area contributed by atoms with Gasteiger partial charge in [-0.25, -0.2) is 9.78 Å². The second kappa shape index (κ2) is 5.86. The molecule has 5 nitrogen and oxygen atoms in total. The number of carbonyl (C=O) groups is 1. The van der Waals surface area contributed by atoms with Crippen molar-refractivity contribution in [1.82, 2.24) is 4.98 Å². The molecule has 0 unspecified atom stereocenters. The number of nitrogens with zero attached hydrogens (tertiary/aromatic N) is 1. The third-order valence-corrected chi connectivity index (χ3v) is 2.57. The second-order valence-corrected chi connectivity index (χ2v) is 3.74. The lowest BCUT2D eigenvalue weighted by molar-refractivity contribution is 0.0601. The first-order valence-electron chi connectivity index (χ1n) is 5.69. The Morgan fingerprint density at radius 3 is 2.53 bits per heavy atom. The number of esters is 1. The molecule has 0 bridgehead atoms. The molecule has 0 spiro atoms. The summed E-state index contributed by atoms with van der Waals surface area (Å²) in [7, 11) is 2.95. The van der Waals surface area contributed by atoms with Crippen LogP contribution >= 0.6 is 0 Å². The summed E-state index contributed by atoms with van der Waals surface area (Å²) in [6.07, 6.45) is 1.61. The minimum atomic E-state index is -0.427. The van der Waals surface area contributed by atoms with Crippen LogP contribution in [0.25, 0.3) is 0 Å². The summed E-state index contributed by atoms with van der Waals surface area (Å²) in [5, 5.41) is 3.07. The van der Waals surface area contributed by atoms with Crippen molar-refractivity contribution in [1.29, 1.82) is 0 Å². The molecular formula is C14H14N2O3. The van der Waals surface area contributed by atoms with Crippen LogP contribution in [0.3, 0.4) is 0 Å². The van der Waals surface area contributed by atoms with E-state index in [1.807, 2.05) is 24.3 Å². The van der Waals surface area contributed by atoms with Crippen LogP contribution in [0.5, 0.6) is 5.75 Å². The number of ether oxygens (including phenoxy) is 2. The van der Waals surface area contributed by atoms with E-state index >= 15 is 0 Å². The van der Waals surface area contributed by atoms with Gasteiger partial charge in [-0.2, -0.15) is 0 Å². The Morgan fingerprint density at radius 1 is 1.16 bits per heavy atom. The van der Waals surface area contributed by atoms with Crippen LogP contribution in [0, 0.1) is 0 Å². The van der Waals surface area contributed by atoms with Gasteiger partial charge in [0, 0.05) is 11.9 Å². The Bertz CT molecular complexity index is 567. The molecule has 0 amide bonds. The van der Waals surface area contributed by atoms with Crippen molar-refractivity contribution in [3.63, 3.8) is 0 Å². The average molecular weight is 258 g/mol. The van der Waals surface area contributed by atoms with Gasteiger partial charge in [0.05, 0.1) is 14.2 Å². The second-order valence-electron chi connectivity index (χ2n) is 3.74. The van der Waals surface area contributed by atoms with Crippen LogP contribution < -0.4 is 10.1 Å². The number of methoxy groups -OCH3 is 2. The van der Waals surface area contributed by atoms with Crippen LogP contribution in [-0.2, 0) is 4.74 Å². The van der Waals surface area contributed by atoms with E-state index in [2.05, 4.69) is 10.3 Å². The summed E-state index contributed by atoms with van der Waals surface area (Å²) >= 11 is 0. The number of nitrogens with one attached hydrogen (secondary N) is 1. The van der Waals surface area contributed by atoms with Gasteiger partial charge in [0.25, 0.3) is 0 Å². The van der Waals surface area contributed by atoms with E-state index in [-0.39, 0.29) is 0 Å². The summed E-state index contributed by atoms with van der Waals surface area (Å²) in [5.41, 5.74) is 1.20. The monoisotopic (exact) mass is 258 g/mol. The van der Waals surface area contributed by atoms with Gasteiger partial charge >= 0.3 is 5.97 Å². The van der Waals surface area contributed by atoms with Gasteiger partial charge in [-0.1, -0.05) is 0 Å². The maximum absolute atomic E-state index is 11.6. The highest BCUT2D eigenvalue weighted by molar-refractivity contribution is 5.95. The van der Waals surface area contributed by atoms with E-state index in [1.54, 1.807) is 25.4 Å². The van der Waals surface area contributed by atoms with Crippen LogP contribution in [0.4, 0.5) is 11.5 Å². The van der Waals surface area contributed by atoms with Crippen molar-refractivity contribution in [3.05, 3.63) is 48.2 Å². The molecule has 5 heteroatoms. The molecule has 1 heterocycles. The first kappa shape index (κ1) is 12.9. The predicted molar refractivity (Wildman–Crippen MR) is 71.9 cm³/mol. The Balaban J connectivity index is 2.25. The highest BCUT2D eigenvalue weighted by Crippen LogP contribution is 2.21. The Hall–Kier alpha value is -2.56. The zero-order chi connectivity index (χ0) is 13.7. The third-order valence-electron chi connectivity index (χ3n) is 2.57. The summed E-state index contributed by atoms with van der Waals surface area (Å²) in [6, 6.07) is 10.7. The molecule has 0 saturated carbocycles. The molecule has 0 aliphatic carbocycles. The van der Waals surface area contributed by atoms with E-state index in [9.17, 15) is 4.79 Å². The molecular weight excluding hydrogens is 244 g/mol. The number of rotatable bonds is 4. The minimum Gasteiger partial charge on any atom is -0.497 e. The van der Waals surface area contributed by atoms with Crippen molar-refractivity contribution in [2.45, 2.75) is 0 Å². The third kappa shape index (κ3) is 3.01. The molecule has 0 fully saturated rings.